The summed E-state index contributed by atoms with van der Waals surface area (Å²) in [5.41, 5.74) is 0.302. The van der Waals surface area contributed by atoms with Gasteiger partial charge in [0.2, 0.25) is 0 Å². The largest absolute Gasteiger partial charge is 0.204 e. The molecule has 0 amide bonds. The number of benzene rings is 1. The number of hydrogen-bond donors (Lipinski definition) is 0. The molecule has 0 unspecified atom stereocenters. The maximum Gasteiger partial charge on any atom is 0.194 e. The molecule has 0 aliphatic heterocycles. The van der Waals surface area contributed by atoms with E-state index in [9.17, 15) is 13.2 Å². The molecule has 1 aliphatic carbocycles. The minimum Gasteiger partial charge on any atom is -0.204 e. The van der Waals surface area contributed by atoms with E-state index in [-0.39, 0.29) is 0 Å². The molecule has 1 aliphatic rings. The van der Waals surface area contributed by atoms with Crippen molar-refractivity contribution < 1.29 is 13.2 Å². The summed E-state index contributed by atoms with van der Waals surface area (Å²) in [6, 6.07) is 2.38. The minimum atomic E-state index is -1.34. The fourth-order valence-electron chi connectivity index (χ4n) is 3.05. The van der Waals surface area contributed by atoms with Crippen molar-refractivity contribution in [3.05, 3.63) is 35.1 Å². The molecule has 1 aromatic rings. The highest BCUT2D eigenvalue weighted by atomic mass is 19.2. The van der Waals surface area contributed by atoms with Crippen LogP contribution in [0.5, 0.6) is 0 Å². The molecule has 3 heteroatoms. The van der Waals surface area contributed by atoms with Crippen LogP contribution in [0.1, 0.15) is 51.0 Å². The van der Waals surface area contributed by atoms with Crippen LogP contribution < -0.4 is 0 Å². The van der Waals surface area contributed by atoms with Crippen LogP contribution in [0.25, 0.3) is 0 Å². The Morgan fingerprint density at radius 2 is 1.58 bits per heavy atom. The first-order chi connectivity index (χ1) is 9.11. The topological polar surface area (TPSA) is 0 Å². The van der Waals surface area contributed by atoms with Crippen molar-refractivity contribution in [1.29, 1.82) is 0 Å². The van der Waals surface area contributed by atoms with Crippen molar-refractivity contribution in [2.45, 2.75) is 51.9 Å². The zero-order chi connectivity index (χ0) is 13.8. The summed E-state index contributed by atoms with van der Waals surface area (Å²) in [5, 5.41) is 0. The molecule has 1 saturated carbocycles. The Labute approximate surface area is 113 Å². The van der Waals surface area contributed by atoms with E-state index in [0.717, 1.165) is 18.4 Å². The molecule has 1 aromatic carbocycles. The maximum absolute atomic E-state index is 13.5. The van der Waals surface area contributed by atoms with Crippen LogP contribution in [0.3, 0.4) is 0 Å². The molecule has 0 bridgehead atoms. The molecular weight excluding hydrogens is 249 g/mol. The lowest BCUT2D eigenvalue weighted by atomic mass is 9.78. The van der Waals surface area contributed by atoms with Gasteiger partial charge in [-0.05, 0) is 36.3 Å². The Morgan fingerprint density at radius 1 is 0.947 bits per heavy atom. The third-order valence-electron chi connectivity index (χ3n) is 4.48. The van der Waals surface area contributed by atoms with E-state index < -0.39 is 17.5 Å². The summed E-state index contributed by atoms with van der Waals surface area (Å²) in [7, 11) is 0. The number of hydrogen-bond acceptors (Lipinski definition) is 0. The van der Waals surface area contributed by atoms with E-state index >= 15 is 0 Å². The highest BCUT2D eigenvalue weighted by Gasteiger charge is 2.21. The van der Waals surface area contributed by atoms with Gasteiger partial charge in [-0.1, -0.05) is 45.1 Å². The van der Waals surface area contributed by atoms with Crippen LogP contribution in [0.2, 0.25) is 0 Å². The Morgan fingerprint density at radius 3 is 2.21 bits per heavy atom. The van der Waals surface area contributed by atoms with Crippen molar-refractivity contribution in [2.75, 3.05) is 0 Å². The maximum atomic E-state index is 13.5. The zero-order valence-electron chi connectivity index (χ0n) is 11.4. The second kappa shape index (κ2) is 6.44. The van der Waals surface area contributed by atoms with Crippen molar-refractivity contribution in [1.82, 2.24) is 0 Å². The van der Waals surface area contributed by atoms with E-state index in [1.54, 1.807) is 0 Å². The van der Waals surface area contributed by atoms with Crippen LogP contribution in [0, 0.1) is 29.3 Å². The standard InChI is InChI=1S/C16H21F3/c1-2-11-3-5-12(6-4-11)7-8-13-9-10-14(17)16(19)15(13)18/h9-12H,2-8H2,1H3/t11-,12-. The van der Waals surface area contributed by atoms with Gasteiger partial charge in [0.25, 0.3) is 0 Å². The van der Waals surface area contributed by atoms with Gasteiger partial charge in [0.1, 0.15) is 0 Å². The first-order valence-corrected chi connectivity index (χ1v) is 7.24. The quantitative estimate of drug-likeness (QED) is 0.655. The van der Waals surface area contributed by atoms with Crippen LogP contribution >= 0.6 is 0 Å². The fraction of sp³-hybridized carbons (Fsp3) is 0.625. The van der Waals surface area contributed by atoms with E-state index in [4.69, 9.17) is 0 Å². The molecule has 0 spiro atoms. The molecule has 0 saturated heterocycles. The lowest BCUT2D eigenvalue weighted by Crippen LogP contribution is -2.14. The SMILES string of the molecule is CC[C@H]1CC[C@H](CCc2ccc(F)c(F)c2F)CC1. The van der Waals surface area contributed by atoms with E-state index in [1.165, 1.54) is 38.2 Å². The summed E-state index contributed by atoms with van der Waals surface area (Å²) in [6.07, 6.45) is 7.49. The Balaban J connectivity index is 1.88. The van der Waals surface area contributed by atoms with Gasteiger partial charge in [-0.2, -0.15) is 0 Å². The predicted molar refractivity (Wildman–Crippen MR) is 70.4 cm³/mol. The molecule has 0 radical (unpaired) electrons. The van der Waals surface area contributed by atoms with Gasteiger partial charge in [0.05, 0.1) is 0 Å². The van der Waals surface area contributed by atoms with Crippen LogP contribution in [-0.2, 0) is 6.42 Å². The monoisotopic (exact) mass is 270 g/mol. The average Bonchev–Trinajstić information content (AvgIpc) is 2.45. The molecule has 0 atom stereocenters. The van der Waals surface area contributed by atoms with Crippen molar-refractivity contribution >= 4 is 0 Å². The normalized spacial score (nSPS) is 23.6. The van der Waals surface area contributed by atoms with Gasteiger partial charge < -0.3 is 0 Å². The summed E-state index contributed by atoms with van der Waals surface area (Å²) in [5.74, 6) is -2.01. The van der Waals surface area contributed by atoms with Gasteiger partial charge in [0, 0.05) is 0 Å². The molecular formula is C16H21F3. The average molecular weight is 270 g/mol. The van der Waals surface area contributed by atoms with Gasteiger partial charge >= 0.3 is 0 Å². The van der Waals surface area contributed by atoms with Gasteiger partial charge in [-0.3, -0.25) is 0 Å². The van der Waals surface area contributed by atoms with E-state index in [0.29, 0.717) is 17.9 Å². The predicted octanol–water partition coefficient (Wildman–Crippen LogP) is 5.25. The third kappa shape index (κ3) is 3.52. The first-order valence-electron chi connectivity index (χ1n) is 7.24. The van der Waals surface area contributed by atoms with Crippen LogP contribution in [0.4, 0.5) is 13.2 Å². The Bertz CT molecular complexity index is 420. The summed E-state index contributed by atoms with van der Waals surface area (Å²) in [4.78, 5) is 0. The van der Waals surface area contributed by atoms with Crippen molar-refractivity contribution in [3.8, 4) is 0 Å². The summed E-state index contributed by atoms with van der Waals surface area (Å²) in [6.45, 7) is 2.22. The number of halogens is 3. The van der Waals surface area contributed by atoms with Crippen LogP contribution in [0.15, 0.2) is 12.1 Å². The Hall–Kier alpha value is -0.990. The lowest BCUT2D eigenvalue weighted by molar-refractivity contribution is 0.258. The third-order valence-corrected chi connectivity index (χ3v) is 4.48. The molecule has 0 aromatic heterocycles. The molecule has 19 heavy (non-hydrogen) atoms. The number of aryl methyl sites for hydroxylation is 1. The summed E-state index contributed by atoms with van der Waals surface area (Å²) >= 11 is 0. The smallest absolute Gasteiger partial charge is 0.194 e. The molecule has 0 N–H and O–H groups in total. The highest BCUT2D eigenvalue weighted by Crippen LogP contribution is 2.33. The second-order valence-corrected chi connectivity index (χ2v) is 5.67. The van der Waals surface area contributed by atoms with Gasteiger partial charge in [-0.25, -0.2) is 13.2 Å². The van der Waals surface area contributed by atoms with E-state index in [2.05, 4.69) is 6.92 Å². The molecule has 2 rings (SSSR count). The zero-order valence-corrected chi connectivity index (χ0v) is 11.4. The number of rotatable bonds is 4. The minimum absolute atomic E-state index is 0.302. The molecule has 0 nitrogen and oxygen atoms in total. The molecule has 106 valence electrons. The highest BCUT2D eigenvalue weighted by molar-refractivity contribution is 5.20. The first kappa shape index (κ1) is 14.4. The van der Waals surface area contributed by atoms with Crippen molar-refractivity contribution in [3.63, 3.8) is 0 Å². The van der Waals surface area contributed by atoms with Gasteiger partial charge in [0.15, 0.2) is 17.5 Å². The fourth-order valence-corrected chi connectivity index (χ4v) is 3.05. The molecule has 1 fully saturated rings. The van der Waals surface area contributed by atoms with Crippen LogP contribution in [-0.4, -0.2) is 0 Å². The van der Waals surface area contributed by atoms with Gasteiger partial charge in [-0.15, -0.1) is 0 Å². The van der Waals surface area contributed by atoms with E-state index in [1.807, 2.05) is 0 Å². The second-order valence-electron chi connectivity index (χ2n) is 5.67. The lowest BCUT2D eigenvalue weighted by Gasteiger charge is -2.27. The molecule has 0 heterocycles. The van der Waals surface area contributed by atoms with Crippen molar-refractivity contribution in [2.24, 2.45) is 11.8 Å². The Kier molecular flexibility index (Phi) is 4.89. The summed E-state index contributed by atoms with van der Waals surface area (Å²) < 4.78 is 39.4.